The quantitative estimate of drug-likeness (QED) is 0.858. The number of fused-ring (bicyclic) bond motifs is 1. The summed E-state index contributed by atoms with van der Waals surface area (Å²) in [5.41, 5.74) is -0.276. The van der Waals surface area contributed by atoms with Gasteiger partial charge in [-0.05, 0) is 11.6 Å². The lowest BCUT2D eigenvalue weighted by molar-refractivity contribution is -0.153. The van der Waals surface area contributed by atoms with Gasteiger partial charge in [-0.25, -0.2) is 4.79 Å². The third kappa shape index (κ3) is 2.58. The predicted octanol–water partition coefficient (Wildman–Crippen LogP) is 0.740. The van der Waals surface area contributed by atoms with Gasteiger partial charge in [-0.3, -0.25) is 4.79 Å². The van der Waals surface area contributed by atoms with Crippen molar-refractivity contribution in [2.75, 3.05) is 13.2 Å². The Kier molecular flexibility index (Phi) is 3.55. The molecule has 0 aromatic heterocycles. The van der Waals surface area contributed by atoms with Crippen LogP contribution in [0.15, 0.2) is 24.3 Å². The number of hydrogen-bond donors (Lipinski definition) is 2. The fourth-order valence-corrected chi connectivity index (χ4v) is 2.76. The molecule has 2 N–H and O–H groups in total. The van der Waals surface area contributed by atoms with E-state index in [4.69, 9.17) is 9.47 Å². The van der Waals surface area contributed by atoms with Crippen LogP contribution >= 0.6 is 0 Å². The summed E-state index contributed by atoms with van der Waals surface area (Å²) in [6, 6.07) is 7.45. The van der Waals surface area contributed by atoms with Crippen molar-refractivity contribution in [3.05, 3.63) is 29.8 Å². The number of carboxylic acids is 1. The lowest BCUT2D eigenvalue weighted by Gasteiger charge is -2.34. The van der Waals surface area contributed by atoms with E-state index in [0.717, 1.165) is 5.56 Å². The molecular weight excluding hydrogens is 274 g/mol. The van der Waals surface area contributed by atoms with Crippen molar-refractivity contribution in [1.29, 1.82) is 0 Å². The van der Waals surface area contributed by atoms with Crippen LogP contribution in [-0.4, -0.2) is 41.8 Å². The molecule has 1 fully saturated rings. The lowest BCUT2D eigenvalue weighted by Crippen LogP contribution is -2.59. The minimum Gasteiger partial charge on any atom is -0.480 e. The first kappa shape index (κ1) is 13.9. The summed E-state index contributed by atoms with van der Waals surface area (Å²) in [6.07, 6.45) is 0.344. The number of para-hydroxylation sites is 1. The van der Waals surface area contributed by atoms with Crippen molar-refractivity contribution in [3.8, 4) is 5.75 Å². The molecule has 0 bridgehead atoms. The molecule has 2 aliphatic heterocycles. The van der Waals surface area contributed by atoms with Gasteiger partial charge in [0.2, 0.25) is 0 Å². The van der Waals surface area contributed by atoms with Crippen LogP contribution in [0.25, 0.3) is 0 Å². The van der Waals surface area contributed by atoms with Gasteiger partial charge in [0.05, 0.1) is 0 Å². The summed E-state index contributed by atoms with van der Waals surface area (Å²) in [5.74, 6) is -0.709. The van der Waals surface area contributed by atoms with Crippen molar-refractivity contribution < 1.29 is 24.2 Å². The highest BCUT2D eigenvalue weighted by Crippen LogP contribution is 2.29. The van der Waals surface area contributed by atoms with Gasteiger partial charge in [0, 0.05) is 32.5 Å². The highest BCUT2D eigenvalue weighted by Gasteiger charge is 2.43. The normalized spacial score (nSPS) is 23.0. The van der Waals surface area contributed by atoms with E-state index >= 15 is 0 Å². The number of ether oxygens (including phenoxy) is 2. The van der Waals surface area contributed by atoms with Gasteiger partial charge in [0.25, 0.3) is 5.91 Å². The molecule has 0 spiro atoms. The number of hydrogen-bond acceptors (Lipinski definition) is 4. The number of nitrogens with one attached hydrogen (secondary N) is 1. The highest BCUT2D eigenvalue weighted by molar-refractivity contribution is 5.90. The second kappa shape index (κ2) is 5.37. The minimum atomic E-state index is -1.24. The molecular formula is C15H17NO5. The van der Waals surface area contributed by atoms with Gasteiger partial charge in [-0.15, -0.1) is 0 Å². The molecule has 0 radical (unpaired) electrons. The number of aliphatic carboxylic acids is 1. The zero-order valence-electron chi connectivity index (χ0n) is 11.5. The van der Waals surface area contributed by atoms with Crippen LogP contribution in [0.3, 0.4) is 0 Å². The first-order valence-corrected chi connectivity index (χ1v) is 6.98. The second-order valence-corrected chi connectivity index (χ2v) is 5.41. The summed E-state index contributed by atoms with van der Waals surface area (Å²) in [4.78, 5) is 23.9. The Balaban J connectivity index is 1.70. The van der Waals surface area contributed by atoms with E-state index in [9.17, 15) is 14.7 Å². The fraction of sp³-hybridized carbons (Fsp3) is 0.467. The molecule has 21 heavy (non-hydrogen) atoms. The zero-order valence-corrected chi connectivity index (χ0v) is 11.5. The smallest absolute Gasteiger partial charge is 0.329 e. The van der Waals surface area contributed by atoms with Gasteiger partial charge in [0.15, 0.2) is 6.10 Å². The predicted molar refractivity (Wildman–Crippen MR) is 73.1 cm³/mol. The molecule has 0 saturated carbocycles. The lowest BCUT2D eigenvalue weighted by atomic mass is 9.89. The summed E-state index contributed by atoms with van der Waals surface area (Å²) < 4.78 is 10.8. The van der Waals surface area contributed by atoms with Crippen LogP contribution in [0.4, 0.5) is 0 Å². The minimum absolute atomic E-state index is 0.272. The van der Waals surface area contributed by atoms with E-state index < -0.39 is 17.6 Å². The van der Waals surface area contributed by atoms with Crippen LogP contribution in [0.5, 0.6) is 5.75 Å². The molecule has 1 amide bonds. The van der Waals surface area contributed by atoms with Crippen molar-refractivity contribution in [3.63, 3.8) is 0 Å². The highest BCUT2D eigenvalue weighted by atomic mass is 16.5. The fourth-order valence-electron chi connectivity index (χ4n) is 2.76. The van der Waals surface area contributed by atoms with Gasteiger partial charge in [-0.1, -0.05) is 18.2 Å². The molecule has 0 aliphatic carbocycles. The second-order valence-electron chi connectivity index (χ2n) is 5.41. The molecule has 112 valence electrons. The summed E-state index contributed by atoms with van der Waals surface area (Å²) >= 11 is 0. The Hall–Kier alpha value is -2.08. The number of carboxylic acid groups (broad SMARTS) is 1. The Labute approximate surface area is 122 Å². The molecule has 1 aromatic rings. The monoisotopic (exact) mass is 291 g/mol. The van der Waals surface area contributed by atoms with Gasteiger partial charge < -0.3 is 19.9 Å². The maximum Gasteiger partial charge on any atom is 0.329 e. The Morgan fingerprint density at radius 2 is 1.95 bits per heavy atom. The van der Waals surface area contributed by atoms with Crippen molar-refractivity contribution in [2.24, 2.45) is 0 Å². The molecule has 2 aliphatic rings. The van der Waals surface area contributed by atoms with Gasteiger partial charge in [0.1, 0.15) is 11.3 Å². The summed E-state index contributed by atoms with van der Waals surface area (Å²) in [7, 11) is 0. The van der Waals surface area contributed by atoms with E-state index in [-0.39, 0.29) is 18.7 Å². The average Bonchev–Trinajstić information content (AvgIpc) is 2.92. The standard InChI is InChI=1S/C15H17NO5/c17-13(12-9-10-3-1-2-4-11(10)21-12)16-15(14(18)19)5-7-20-8-6-15/h1-4,12H,5-9H2,(H,16,17)(H,18,19). The maximum atomic E-state index is 12.4. The molecule has 6 nitrogen and oxygen atoms in total. The first-order valence-electron chi connectivity index (χ1n) is 6.98. The molecule has 6 heteroatoms. The number of carbonyl (C=O) groups excluding carboxylic acids is 1. The van der Waals surface area contributed by atoms with E-state index in [1.165, 1.54) is 0 Å². The first-order chi connectivity index (χ1) is 10.1. The van der Waals surface area contributed by atoms with Gasteiger partial charge in [-0.2, -0.15) is 0 Å². The van der Waals surface area contributed by atoms with E-state index in [1.807, 2.05) is 24.3 Å². The molecule has 1 unspecified atom stereocenters. The van der Waals surface area contributed by atoms with Crippen LogP contribution in [-0.2, 0) is 20.7 Å². The van der Waals surface area contributed by atoms with Crippen LogP contribution in [0.2, 0.25) is 0 Å². The van der Waals surface area contributed by atoms with Crippen molar-refractivity contribution in [2.45, 2.75) is 30.9 Å². The Bertz CT molecular complexity index is 540. The average molecular weight is 291 g/mol. The molecule has 1 aromatic carbocycles. The maximum absolute atomic E-state index is 12.4. The molecule has 1 atom stereocenters. The summed E-state index contributed by atoms with van der Waals surface area (Å²) in [6.45, 7) is 0.663. The van der Waals surface area contributed by atoms with Gasteiger partial charge >= 0.3 is 5.97 Å². The van der Waals surface area contributed by atoms with Crippen LogP contribution in [0, 0.1) is 0 Å². The Morgan fingerprint density at radius 3 is 2.62 bits per heavy atom. The number of carbonyl (C=O) groups is 2. The van der Waals surface area contributed by atoms with Crippen molar-refractivity contribution >= 4 is 11.9 Å². The van der Waals surface area contributed by atoms with E-state index in [2.05, 4.69) is 5.32 Å². The molecule has 1 saturated heterocycles. The topological polar surface area (TPSA) is 84.9 Å². The van der Waals surface area contributed by atoms with Crippen LogP contribution in [0.1, 0.15) is 18.4 Å². The number of amides is 1. The third-order valence-electron chi connectivity index (χ3n) is 4.06. The zero-order chi connectivity index (χ0) is 14.9. The number of rotatable bonds is 3. The Morgan fingerprint density at radius 1 is 1.24 bits per heavy atom. The molecule has 3 rings (SSSR count). The SMILES string of the molecule is O=C(NC1(C(=O)O)CCOCC1)C1Cc2ccccc2O1. The third-order valence-corrected chi connectivity index (χ3v) is 4.06. The largest absolute Gasteiger partial charge is 0.480 e. The van der Waals surface area contributed by atoms with E-state index in [0.29, 0.717) is 25.4 Å². The summed E-state index contributed by atoms with van der Waals surface area (Å²) in [5, 5.41) is 12.1. The van der Waals surface area contributed by atoms with Crippen molar-refractivity contribution in [1.82, 2.24) is 5.32 Å². The van der Waals surface area contributed by atoms with E-state index in [1.54, 1.807) is 0 Å². The number of benzene rings is 1. The molecule has 2 heterocycles. The van der Waals surface area contributed by atoms with Crippen LogP contribution < -0.4 is 10.1 Å².